The predicted octanol–water partition coefficient (Wildman–Crippen LogP) is 2.10. The molecule has 0 bridgehead atoms. The first-order valence-electron chi connectivity index (χ1n) is 8.42. The highest BCUT2D eigenvalue weighted by molar-refractivity contribution is 6.30. The summed E-state index contributed by atoms with van der Waals surface area (Å²) in [5.74, 6) is -1.05. The van der Waals surface area contributed by atoms with Gasteiger partial charge in [0.05, 0.1) is 18.9 Å². The first-order chi connectivity index (χ1) is 12.0. The number of amides is 2. The number of halogens is 1. The van der Waals surface area contributed by atoms with Gasteiger partial charge in [-0.3, -0.25) is 14.4 Å². The van der Waals surface area contributed by atoms with Crippen molar-refractivity contribution in [3.8, 4) is 0 Å². The van der Waals surface area contributed by atoms with E-state index in [0.717, 1.165) is 18.5 Å². The van der Waals surface area contributed by atoms with E-state index in [9.17, 15) is 14.4 Å². The minimum atomic E-state index is -0.375. The third-order valence-electron chi connectivity index (χ3n) is 4.88. The average molecular weight is 365 g/mol. The Morgan fingerprint density at radius 2 is 1.88 bits per heavy atom. The van der Waals surface area contributed by atoms with Crippen molar-refractivity contribution in [3.63, 3.8) is 0 Å². The summed E-state index contributed by atoms with van der Waals surface area (Å²) in [6, 6.07) is 7.01. The Balaban J connectivity index is 1.66. The molecule has 1 aromatic carbocycles. The van der Waals surface area contributed by atoms with Crippen LogP contribution in [0.1, 0.15) is 19.3 Å². The molecule has 2 unspecified atom stereocenters. The van der Waals surface area contributed by atoms with Crippen molar-refractivity contribution in [2.45, 2.75) is 19.3 Å². The monoisotopic (exact) mass is 364 g/mol. The second-order valence-electron chi connectivity index (χ2n) is 6.53. The van der Waals surface area contributed by atoms with Crippen LogP contribution in [-0.4, -0.2) is 49.4 Å². The zero-order valence-electron chi connectivity index (χ0n) is 14.1. The largest absolute Gasteiger partial charge is 0.469 e. The molecule has 0 spiro atoms. The second-order valence-corrected chi connectivity index (χ2v) is 6.96. The van der Waals surface area contributed by atoms with E-state index in [4.69, 9.17) is 16.3 Å². The van der Waals surface area contributed by atoms with Gasteiger partial charge in [0.15, 0.2) is 0 Å². The van der Waals surface area contributed by atoms with Crippen molar-refractivity contribution in [1.82, 2.24) is 4.90 Å². The Morgan fingerprint density at radius 1 is 1.16 bits per heavy atom. The lowest BCUT2D eigenvalue weighted by atomic mass is 9.96. The summed E-state index contributed by atoms with van der Waals surface area (Å²) >= 11 is 5.88. The van der Waals surface area contributed by atoms with E-state index in [-0.39, 0.29) is 36.0 Å². The molecule has 2 saturated heterocycles. The molecule has 25 heavy (non-hydrogen) atoms. The summed E-state index contributed by atoms with van der Waals surface area (Å²) in [5.41, 5.74) is 0.746. The quantitative estimate of drug-likeness (QED) is 0.770. The fraction of sp³-hybridized carbons (Fsp3) is 0.500. The molecular formula is C18H21ClN2O4. The molecule has 0 aliphatic carbocycles. The number of carbonyl (C=O) groups excluding carboxylic acids is 3. The van der Waals surface area contributed by atoms with Crippen molar-refractivity contribution in [2.75, 3.05) is 31.6 Å². The van der Waals surface area contributed by atoms with Gasteiger partial charge in [0, 0.05) is 36.8 Å². The number of likely N-dealkylation sites (tertiary alicyclic amines) is 1. The maximum atomic E-state index is 12.8. The molecule has 2 aliphatic rings. The Bertz CT molecular complexity index is 676. The van der Waals surface area contributed by atoms with E-state index in [0.29, 0.717) is 24.7 Å². The van der Waals surface area contributed by atoms with E-state index in [1.54, 1.807) is 34.1 Å². The Hall–Kier alpha value is -2.08. The molecule has 2 aliphatic heterocycles. The molecule has 7 heteroatoms. The normalized spacial score (nSPS) is 23.7. The number of piperidine rings is 1. The van der Waals surface area contributed by atoms with Crippen molar-refractivity contribution in [1.29, 1.82) is 0 Å². The van der Waals surface area contributed by atoms with Crippen LogP contribution < -0.4 is 4.90 Å². The molecule has 3 rings (SSSR count). The van der Waals surface area contributed by atoms with E-state index in [1.165, 1.54) is 7.11 Å². The van der Waals surface area contributed by atoms with Crippen LogP contribution >= 0.6 is 11.6 Å². The highest BCUT2D eigenvalue weighted by Gasteiger charge is 2.39. The van der Waals surface area contributed by atoms with Gasteiger partial charge in [0.1, 0.15) is 0 Å². The number of rotatable bonds is 3. The Kier molecular flexibility index (Phi) is 5.27. The lowest BCUT2D eigenvalue weighted by molar-refractivity contribution is -0.149. The van der Waals surface area contributed by atoms with Gasteiger partial charge < -0.3 is 14.5 Å². The van der Waals surface area contributed by atoms with Crippen molar-refractivity contribution >= 4 is 35.1 Å². The van der Waals surface area contributed by atoms with Crippen LogP contribution in [0.15, 0.2) is 24.3 Å². The number of benzene rings is 1. The number of hydrogen-bond donors (Lipinski definition) is 0. The summed E-state index contributed by atoms with van der Waals surface area (Å²) in [4.78, 5) is 40.2. The molecule has 0 aromatic heterocycles. The average Bonchev–Trinajstić information content (AvgIpc) is 3.03. The summed E-state index contributed by atoms with van der Waals surface area (Å²) in [7, 11) is 1.36. The van der Waals surface area contributed by atoms with Crippen LogP contribution in [0.2, 0.25) is 5.02 Å². The minimum absolute atomic E-state index is 0.0570. The van der Waals surface area contributed by atoms with Gasteiger partial charge >= 0.3 is 5.97 Å². The number of anilines is 1. The molecule has 134 valence electrons. The number of esters is 1. The molecule has 2 heterocycles. The van der Waals surface area contributed by atoms with Crippen LogP contribution in [0.5, 0.6) is 0 Å². The summed E-state index contributed by atoms with van der Waals surface area (Å²) < 4.78 is 4.79. The van der Waals surface area contributed by atoms with Crippen LogP contribution in [0.3, 0.4) is 0 Å². The molecule has 0 N–H and O–H groups in total. The van der Waals surface area contributed by atoms with Gasteiger partial charge in [-0.1, -0.05) is 11.6 Å². The summed E-state index contributed by atoms with van der Waals surface area (Å²) in [5, 5.41) is 0.602. The highest BCUT2D eigenvalue weighted by atomic mass is 35.5. The standard InChI is InChI=1S/C18H21ClN2O4/c1-25-18(24)12-3-2-8-20(10-12)17(23)13-9-16(22)21(11-13)15-6-4-14(19)5-7-15/h4-7,12-13H,2-3,8-11H2,1H3. The molecule has 0 radical (unpaired) electrons. The van der Waals surface area contributed by atoms with Gasteiger partial charge in [0.25, 0.3) is 0 Å². The van der Waals surface area contributed by atoms with Gasteiger partial charge in [0.2, 0.25) is 11.8 Å². The lowest BCUT2D eigenvalue weighted by Gasteiger charge is -2.33. The van der Waals surface area contributed by atoms with E-state index >= 15 is 0 Å². The SMILES string of the molecule is COC(=O)C1CCCN(C(=O)C2CC(=O)N(c3ccc(Cl)cc3)C2)C1. The first-order valence-corrected chi connectivity index (χ1v) is 8.80. The van der Waals surface area contributed by atoms with Crippen molar-refractivity contribution < 1.29 is 19.1 Å². The minimum Gasteiger partial charge on any atom is -0.469 e. The highest BCUT2D eigenvalue weighted by Crippen LogP contribution is 2.28. The van der Waals surface area contributed by atoms with E-state index in [2.05, 4.69) is 0 Å². The topological polar surface area (TPSA) is 66.9 Å². The van der Waals surface area contributed by atoms with E-state index < -0.39 is 0 Å². The fourth-order valence-electron chi connectivity index (χ4n) is 3.54. The Labute approximate surface area is 151 Å². The molecule has 2 fully saturated rings. The van der Waals surface area contributed by atoms with Crippen LogP contribution in [0, 0.1) is 11.8 Å². The fourth-order valence-corrected chi connectivity index (χ4v) is 3.66. The third kappa shape index (κ3) is 3.79. The molecule has 2 atom stereocenters. The summed E-state index contributed by atoms with van der Waals surface area (Å²) in [6.07, 6.45) is 1.70. The third-order valence-corrected chi connectivity index (χ3v) is 5.13. The van der Waals surface area contributed by atoms with Crippen molar-refractivity contribution in [3.05, 3.63) is 29.3 Å². The van der Waals surface area contributed by atoms with Gasteiger partial charge in [-0.2, -0.15) is 0 Å². The van der Waals surface area contributed by atoms with Gasteiger partial charge in [-0.25, -0.2) is 0 Å². The lowest BCUT2D eigenvalue weighted by Crippen LogP contribution is -2.45. The predicted molar refractivity (Wildman–Crippen MR) is 93.2 cm³/mol. The zero-order valence-corrected chi connectivity index (χ0v) is 14.9. The Morgan fingerprint density at radius 3 is 2.56 bits per heavy atom. The molecule has 1 aromatic rings. The number of methoxy groups -OCH3 is 1. The van der Waals surface area contributed by atoms with Crippen LogP contribution in [0.4, 0.5) is 5.69 Å². The molecule has 6 nitrogen and oxygen atoms in total. The summed E-state index contributed by atoms with van der Waals surface area (Å²) in [6.45, 7) is 1.35. The van der Waals surface area contributed by atoms with Crippen LogP contribution in [0.25, 0.3) is 0 Å². The van der Waals surface area contributed by atoms with Crippen molar-refractivity contribution in [2.24, 2.45) is 11.8 Å². The number of hydrogen-bond acceptors (Lipinski definition) is 4. The van der Waals surface area contributed by atoms with Gasteiger partial charge in [-0.05, 0) is 37.1 Å². The molecular weight excluding hydrogens is 344 g/mol. The van der Waals surface area contributed by atoms with Gasteiger partial charge in [-0.15, -0.1) is 0 Å². The number of ether oxygens (including phenoxy) is 1. The maximum absolute atomic E-state index is 12.8. The number of carbonyl (C=O) groups is 3. The van der Waals surface area contributed by atoms with E-state index in [1.807, 2.05) is 0 Å². The molecule has 2 amide bonds. The first kappa shape index (κ1) is 17.7. The van der Waals surface area contributed by atoms with Crippen LogP contribution in [-0.2, 0) is 19.1 Å². The zero-order chi connectivity index (χ0) is 18.0. The molecule has 0 saturated carbocycles. The maximum Gasteiger partial charge on any atom is 0.310 e. The second kappa shape index (κ2) is 7.44. The smallest absolute Gasteiger partial charge is 0.310 e. The number of nitrogens with zero attached hydrogens (tertiary/aromatic N) is 2.